The Hall–Kier alpha value is -1.08. The summed E-state index contributed by atoms with van der Waals surface area (Å²) in [6.07, 6.45) is 4.34. The Bertz CT molecular complexity index is 306. The van der Waals surface area contributed by atoms with Crippen LogP contribution in [0.5, 0.6) is 0 Å². The molecule has 1 nitrogen and oxygen atoms in total. The van der Waals surface area contributed by atoms with Crippen molar-refractivity contribution in [1.82, 2.24) is 5.32 Å². The third-order valence-corrected chi connectivity index (χ3v) is 2.28. The highest BCUT2D eigenvalue weighted by Crippen LogP contribution is 2.10. The van der Waals surface area contributed by atoms with Crippen LogP contribution in [0, 0.1) is 13.8 Å². The van der Waals surface area contributed by atoms with E-state index in [1.54, 1.807) is 0 Å². The molecule has 0 radical (unpaired) electrons. The molecule has 0 bridgehead atoms. The minimum absolute atomic E-state index is 0.427. The summed E-state index contributed by atoms with van der Waals surface area (Å²) < 4.78 is 0. The molecule has 1 heteroatoms. The van der Waals surface area contributed by atoms with Gasteiger partial charge in [0.2, 0.25) is 0 Å². The first-order chi connectivity index (χ1) is 6.61. The molecule has 0 aliphatic heterocycles. The number of aryl methyl sites for hydroxylation is 2. The zero-order valence-electron chi connectivity index (χ0n) is 9.46. The summed E-state index contributed by atoms with van der Waals surface area (Å²) in [6.45, 7) is 6.40. The number of rotatable bonds is 3. The van der Waals surface area contributed by atoms with Crippen molar-refractivity contribution in [3.8, 4) is 0 Å². The fraction of sp³-hybridized carbons (Fsp3) is 0.385. The van der Waals surface area contributed by atoms with Crippen molar-refractivity contribution in [2.45, 2.75) is 26.8 Å². The second kappa shape index (κ2) is 4.97. The van der Waals surface area contributed by atoms with Gasteiger partial charge in [0.25, 0.3) is 0 Å². The second-order valence-electron chi connectivity index (χ2n) is 3.86. The van der Waals surface area contributed by atoms with E-state index in [2.05, 4.69) is 56.4 Å². The summed E-state index contributed by atoms with van der Waals surface area (Å²) in [6, 6.07) is 7.02. The van der Waals surface area contributed by atoms with E-state index in [4.69, 9.17) is 0 Å². The maximum atomic E-state index is 3.18. The fourth-order valence-electron chi connectivity index (χ4n) is 1.46. The molecule has 1 unspecified atom stereocenters. The predicted octanol–water partition coefficient (Wildman–Crippen LogP) is 2.92. The smallest absolute Gasteiger partial charge is 0.0221 e. The number of likely N-dealkylation sites (N-methyl/N-ethyl adjacent to an activating group) is 1. The minimum Gasteiger partial charge on any atom is -0.314 e. The maximum Gasteiger partial charge on any atom is 0.0221 e. The van der Waals surface area contributed by atoms with Crippen molar-refractivity contribution in [2.75, 3.05) is 7.05 Å². The molecule has 1 aromatic rings. The Morgan fingerprint density at radius 3 is 2.21 bits per heavy atom. The lowest BCUT2D eigenvalue weighted by Crippen LogP contribution is -2.17. The summed E-state index contributed by atoms with van der Waals surface area (Å²) in [7, 11) is 1.97. The SMILES string of the molecule is CNC(C)/C=C/c1cc(C)cc(C)c1. The molecule has 0 aliphatic rings. The molecular weight excluding hydrogens is 170 g/mol. The predicted molar refractivity (Wildman–Crippen MR) is 63.5 cm³/mol. The maximum absolute atomic E-state index is 3.18. The zero-order valence-corrected chi connectivity index (χ0v) is 9.46. The lowest BCUT2D eigenvalue weighted by Gasteiger charge is -2.03. The van der Waals surface area contributed by atoms with Crippen LogP contribution in [0.2, 0.25) is 0 Å². The lowest BCUT2D eigenvalue weighted by atomic mass is 10.1. The van der Waals surface area contributed by atoms with Gasteiger partial charge in [0, 0.05) is 6.04 Å². The van der Waals surface area contributed by atoms with Crippen LogP contribution >= 0.6 is 0 Å². The van der Waals surface area contributed by atoms with Gasteiger partial charge in [-0.25, -0.2) is 0 Å². The van der Waals surface area contributed by atoms with Crippen LogP contribution < -0.4 is 5.32 Å². The van der Waals surface area contributed by atoms with Crippen molar-refractivity contribution in [3.63, 3.8) is 0 Å². The van der Waals surface area contributed by atoms with Gasteiger partial charge in [-0.1, -0.05) is 41.5 Å². The molecule has 1 atom stereocenters. The Kier molecular flexibility index (Phi) is 3.90. The van der Waals surface area contributed by atoms with E-state index < -0.39 is 0 Å². The molecular formula is C13H19N. The standard InChI is InChI=1S/C13H19N/c1-10-7-11(2)9-13(8-10)6-5-12(3)14-4/h5-9,12,14H,1-4H3/b6-5+. The van der Waals surface area contributed by atoms with Crippen LogP contribution in [-0.4, -0.2) is 13.1 Å². The highest BCUT2D eigenvalue weighted by atomic mass is 14.8. The van der Waals surface area contributed by atoms with E-state index in [1.807, 2.05) is 7.05 Å². The third-order valence-electron chi connectivity index (χ3n) is 2.28. The van der Waals surface area contributed by atoms with Gasteiger partial charge >= 0.3 is 0 Å². The van der Waals surface area contributed by atoms with E-state index >= 15 is 0 Å². The number of nitrogens with one attached hydrogen (secondary N) is 1. The van der Waals surface area contributed by atoms with Crippen LogP contribution in [0.3, 0.4) is 0 Å². The van der Waals surface area contributed by atoms with Crippen molar-refractivity contribution >= 4 is 6.08 Å². The lowest BCUT2D eigenvalue weighted by molar-refractivity contribution is 0.731. The van der Waals surface area contributed by atoms with E-state index in [9.17, 15) is 0 Å². The molecule has 0 saturated heterocycles. The van der Waals surface area contributed by atoms with E-state index in [0.29, 0.717) is 6.04 Å². The monoisotopic (exact) mass is 189 g/mol. The highest BCUT2D eigenvalue weighted by molar-refractivity contribution is 5.52. The van der Waals surface area contributed by atoms with Gasteiger partial charge in [-0.15, -0.1) is 0 Å². The van der Waals surface area contributed by atoms with Crippen molar-refractivity contribution in [3.05, 3.63) is 41.0 Å². The molecule has 1 rings (SSSR count). The van der Waals surface area contributed by atoms with Gasteiger partial charge in [-0.3, -0.25) is 0 Å². The number of benzene rings is 1. The Labute approximate surface area is 86.8 Å². The van der Waals surface area contributed by atoms with Gasteiger partial charge in [-0.2, -0.15) is 0 Å². The van der Waals surface area contributed by atoms with Crippen LogP contribution in [-0.2, 0) is 0 Å². The summed E-state index contributed by atoms with van der Waals surface area (Å²) in [5, 5.41) is 3.18. The molecule has 0 fully saturated rings. The van der Waals surface area contributed by atoms with Crippen molar-refractivity contribution in [2.24, 2.45) is 0 Å². The molecule has 0 saturated carbocycles. The Morgan fingerprint density at radius 1 is 1.14 bits per heavy atom. The molecule has 0 aliphatic carbocycles. The average molecular weight is 189 g/mol. The molecule has 0 heterocycles. The first-order valence-electron chi connectivity index (χ1n) is 5.05. The molecule has 1 N–H and O–H groups in total. The minimum atomic E-state index is 0.427. The van der Waals surface area contributed by atoms with Crippen LogP contribution in [0.25, 0.3) is 6.08 Å². The van der Waals surface area contributed by atoms with Crippen LogP contribution in [0.4, 0.5) is 0 Å². The first kappa shape index (κ1) is 11.0. The normalized spacial score (nSPS) is 13.4. The van der Waals surface area contributed by atoms with Crippen molar-refractivity contribution in [1.29, 1.82) is 0 Å². The second-order valence-corrected chi connectivity index (χ2v) is 3.86. The molecule has 14 heavy (non-hydrogen) atoms. The van der Waals surface area contributed by atoms with Gasteiger partial charge in [-0.05, 0) is 33.4 Å². The average Bonchev–Trinajstić information content (AvgIpc) is 2.12. The topological polar surface area (TPSA) is 12.0 Å². The highest BCUT2D eigenvalue weighted by Gasteiger charge is 1.93. The van der Waals surface area contributed by atoms with E-state index in [1.165, 1.54) is 16.7 Å². The molecule has 0 amide bonds. The van der Waals surface area contributed by atoms with Crippen LogP contribution in [0.15, 0.2) is 24.3 Å². The van der Waals surface area contributed by atoms with Gasteiger partial charge in [0.15, 0.2) is 0 Å². The van der Waals surface area contributed by atoms with Gasteiger partial charge in [0.1, 0.15) is 0 Å². The molecule has 76 valence electrons. The fourth-order valence-corrected chi connectivity index (χ4v) is 1.46. The van der Waals surface area contributed by atoms with Crippen LogP contribution in [0.1, 0.15) is 23.6 Å². The third kappa shape index (κ3) is 3.35. The molecule has 1 aromatic carbocycles. The zero-order chi connectivity index (χ0) is 10.6. The van der Waals surface area contributed by atoms with Crippen molar-refractivity contribution < 1.29 is 0 Å². The molecule has 0 aromatic heterocycles. The Balaban J connectivity index is 2.81. The number of hydrogen-bond acceptors (Lipinski definition) is 1. The Morgan fingerprint density at radius 2 is 1.71 bits per heavy atom. The van der Waals surface area contributed by atoms with Gasteiger partial charge < -0.3 is 5.32 Å². The van der Waals surface area contributed by atoms with E-state index in [-0.39, 0.29) is 0 Å². The summed E-state index contributed by atoms with van der Waals surface area (Å²) in [4.78, 5) is 0. The quantitative estimate of drug-likeness (QED) is 0.771. The summed E-state index contributed by atoms with van der Waals surface area (Å²) in [5.74, 6) is 0. The summed E-state index contributed by atoms with van der Waals surface area (Å²) in [5.41, 5.74) is 3.92. The van der Waals surface area contributed by atoms with E-state index in [0.717, 1.165) is 0 Å². The van der Waals surface area contributed by atoms with Gasteiger partial charge in [0.05, 0.1) is 0 Å². The largest absolute Gasteiger partial charge is 0.314 e. The molecule has 0 spiro atoms. The summed E-state index contributed by atoms with van der Waals surface area (Å²) >= 11 is 0. The first-order valence-corrected chi connectivity index (χ1v) is 5.05. The number of hydrogen-bond donors (Lipinski definition) is 1.